The molecule has 0 aliphatic carbocycles. The van der Waals surface area contributed by atoms with Crippen molar-refractivity contribution in [3.63, 3.8) is 0 Å². The zero-order valence-electron chi connectivity index (χ0n) is 11.4. The Bertz CT molecular complexity index is 571. The van der Waals surface area contributed by atoms with Gasteiger partial charge in [0.05, 0.1) is 6.54 Å². The fourth-order valence-electron chi connectivity index (χ4n) is 1.32. The lowest BCUT2D eigenvalue weighted by Crippen LogP contribution is -2.39. The van der Waals surface area contributed by atoms with Gasteiger partial charge in [0.15, 0.2) is 0 Å². The standard InChI is InChI=1S/C13H16N2O5/c1-7-4-5-10(20-7)6-14-13(19)15-11(16)8(2)9(3)12(17)18/h4-5H,6H2,1-3H3,(H,17,18)(H2,14,15,16,19). The van der Waals surface area contributed by atoms with Crippen LogP contribution in [0.2, 0.25) is 0 Å². The zero-order valence-corrected chi connectivity index (χ0v) is 11.4. The van der Waals surface area contributed by atoms with Crippen LogP contribution in [0.15, 0.2) is 27.7 Å². The number of amides is 3. The van der Waals surface area contributed by atoms with Gasteiger partial charge >= 0.3 is 12.0 Å². The third kappa shape index (κ3) is 4.27. The predicted octanol–water partition coefficient (Wildman–Crippen LogP) is 1.33. The van der Waals surface area contributed by atoms with Gasteiger partial charge in [-0.3, -0.25) is 10.1 Å². The second kappa shape index (κ2) is 6.55. The Kier molecular flexibility index (Phi) is 5.08. The van der Waals surface area contributed by atoms with E-state index in [1.807, 2.05) is 5.32 Å². The van der Waals surface area contributed by atoms with Crippen LogP contribution in [0.1, 0.15) is 25.4 Å². The first kappa shape index (κ1) is 15.5. The number of imide groups is 1. The van der Waals surface area contributed by atoms with Crippen molar-refractivity contribution in [1.82, 2.24) is 10.6 Å². The lowest BCUT2D eigenvalue weighted by atomic mass is 10.1. The summed E-state index contributed by atoms with van der Waals surface area (Å²) in [5.41, 5.74) is -0.140. The maximum Gasteiger partial charge on any atom is 0.331 e. The number of carbonyl (C=O) groups is 3. The normalized spacial score (nSPS) is 11.6. The summed E-state index contributed by atoms with van der Waals surface area (Å²) >= 11 is 0. The number of hydrogen-bond acceptors (Lipinski definition) is 4. The molecule has 0 radical (unpaired) electrons. The van der Waals surface area contributed by atoms with Gasteiger partial charge in [-0.2, -0.15) is 0 Å². The van der Waals surface area contributed by atoms with Gasteiger partial charge in [-0.15, -0.1) is 0 Å². The second-order valence-corrected chi connectivity index (χ2v) is 4.20. The zero-order chi connectivity index (χ0) is 15.3. The van der Waals surface area contributed by atoms with Crippen molar-refractivity contribution < 1.29 is 23.9 Å². The number of furan rings is 1. The van der Waals surface area contributed by atoms with Crippen LogP contribution in [0.25, 0.3) is 0 Å². The maximum absolute atomic E-state index is 11.6. The maximum atomic E-state index is 11.6. The highest BCUT2D eigenvalue weighted by atomic mass is 16.4. The molecule has 0 fully saturated rings. The lowest BCUT2D eigenvalue weighted by molar-refractivity contribution is -0.133. The third-order valence-corrected chi connectivity index (χ3v) is 2.67. The number of carboxylic acid groups (broad SMARTS) is 1. The SMILES string of the molecule is CC(C(=O)O)=C(C)C(=O)NC(=O)NCc1ccc(C)o1. The van der Waals surface area contributed by atoms with E-state index in [2.05, 4.69) is 5.32 Å². The van der Waals surface area contributed by atoms with E-state index >= 15 is 0 Å². The fourth-order valence-corrected chi connectivity index (χ4v) is 1.32. The van der Waals surface area contributed by atoms with Crippen LogP contribution in [0.4, 0.5) is 4.79 Å². The minimum Gasteiger partial charge on any atom is -0.478 e. The molecule has 1 aromatic rings. The lowest BCUT2D eigenvalue weighted by Gasteiger charge is -2.07. The summed E-state index contributed by atoms with van der Waals surface area (Å²) in [5.74, 6) is -0.685. The number of hydrogen-bond donors (Lipinski definition) is 3. The number of rotatable bonds is 4. The average Bonchev–Trinajstić information content (AvgIpc) is 2.80. The van der Waals surface area contributed by atoms with Crippen LogP contribution in [0, 0.1) is 6.92 Å². The Labute approximate surface area is 115 Å². The van der Waals surface area contributed by atoms with E-state index in [-0.39, 0.29) is 17.7 Å². The Hall–Kier alpha value is -2.57. The van der Waals surface area contributed by atoms with Gasteiger partial charge in [-0.05, 0) is 32.9 Å². The Morgan fingerprint density at radius 1 is 1.20 bits per heavy atom. The van der Waals surface area contributed by atoms with Crippen LogP contribution in [-0.4, -0.2) is 23.0 Å². The highest BCUT2D eigenvalue weighted by Gasteiger charge is 2.15. The van der Waals surface area contributed by atoms with E-state index in [0.717, 1.165) is 0 Å². The third-order valence-electron chi connectivity index (χ3n) is 2.67. The van der Waals surface area contributed by atoms with Gasteiger partial charge in [-0.1, -0.05) is 0 Å². The first-order valence-electron chi connectivity index (χ1n) is 5.86. The number of carbonyl (C=O) groups excluding carboxylic acids is 2. The molecular weight excluding hydrogens is 264 g/mol. The number of aryl methyl sites for hydroxylation is 1. The molecular formula is C13H16N2O5. The van der Waals surface area contributed by atoms with Crippen LogP contribution in [0.3, 0.4) is 0 Å². The quantitative estimate of drug-likeness (QED) is 0.721. The van der Waals surface area contributed by atoms with Crippen LogP contribution >= 0.6 is 0 Å². The van der Waals surface area contributed by atoms with Gasteiger partial charge in [0.2, 0.25) is 0 Å². The average molecular weight is 280 g/mol. The summed E-state index contributed by atoms with van der Waals surface area (Å²) in [4.78, 5) is 33.8. The molecule has 108 valence electrons. The molecule has 0 aliphatic rings. The van der Waals surface area contributed by atoms with Crippen molar-refractivity contribution in [2.24, 2.45) is 0 Å². The molecule has 0 unspecified atom stereocenters. The van der Waals surface area contributed by atoms with Crippen molar-refractivity contribution >= 4 is 17.9 Å². The van der Waals surface area contributed by atoms with Gasteiger partial charge < -0.3 is 14.8 Å². The van der Waals surface area contributed by atoms with E-state index in [1.165, 1.54) is 13.8 Å². The van der Waals surface area contributed by atoms with Gasteiger partial charge in [0.1, 0.15) is 11.5 Å². The molecule has 20 heavy (non-hydrogen) atoms. The molecule has 0 atom stereocenters. The van der Waals surface area contributed by atoms with Crippen LogP contribution < -0.4 is 10.6 Å². The van der Waals surface area contributed by atoms with E-state index in [0.29, 0.717) is 11.5 Å². The molecule has 0 aliphatic heterocycles. The monoisotopic (exact) mass is 280 g/mol. The smallest absolute Gasteiger partial charge is 0.331 e. The number of nitrogens with one attached hydrogen (secondary N) is 2. The van der Waals surface area contributed by atoms with Crippen molar-refractivity contribution in [3.8, 4) is 0 Å². The number of aliphatic carboxylic acids is 1. The van der Waals surface area contributed by atoms with Crippen LogP contribution in [0.5, 0.6) is 0 Å². The van der Waals surface area contributed by atoms with E-state index in [9.17, 15) is 14.4 Å². The molecule has 0 spiro atoms. The minimum atomic E-state index is -1.20. The summed E-state index contributed by atoms with van der Waals surface area (Å²) in [5, 5.41) is 13.2. The summed E-state index contributed by atoms with van der Waals surface area (Å²) in [7, 11) is 0. The highest BCUT2D eigenvalue weighted by Crippen LogP contribution is 2.05. The molecule has 0 saturated carbocycles. The van der Waals surface area contributed by atoms with Gasteiger partial charge in [-0.25, -0.2) is 9.59 Å². The summed E-state index contributed by atoms with van der Waals surface area (Å²) in [6.45, 7) is 4.53. The van der Waals surface area contributed by atoms with Crippen molar-refractivity contribution in [2.45, 2.75) is 27.3 Å². The topological polar surface area (TPSA) is 109 Å². The van der Waals surface area contributed by atoms with E-state index < -0.39 is 17.9 Å². The molecule has 3 amide bonds. The fraction of sp³-hybridized carbons (Fsp3) is 0.308. The van der Waals surface area contributed by atoms with E-state index in [4.69, 9.17) is 9.52 Å². The molecule has 7 nitrogen and oxygen atoms in total. The first-order chi connectivity index (χ1) is 9.31. The molecule has 1 rings (SSSR count). The van der Waals surface area contributed by atoms with Crippen molar-refractivity contribution in [2.75, 3.05) is 0 Å². The van der Waals surface area contributed by atoms with Crippen molar-refractivity contribution in [3.05, 3.63) is 34.8 Å². The first-order valence-corrected chi connectivity index (χ1v) is 5.86. The molecule has 0 aromatic carbocycles. The highest BCUT2D eigenvalue weighted by molar-refractivity contribution is 6.07. The molecule has 0 bridgehead atoms. The molecule has 0 saturated heterocycles. The molecule has 7 heteroatoms. The van der Waals surface area contributed by atoms with Crippen molar-refractivity contribution in [1.29, 1.82) is 0 Å². The largest absolute Gasteiger partial charge is 0.478 e. The molecule has 1 aromatic heterocycles. The number of urea groups is 1. The Morgan fingerprint density at radius 3 is 2.35 bits per heavy atom. The van der Waals surface area contributed by atoms with Gasteiger partial charge in [0.25, 0.3) is 5.91 Å². The Morgan fingerprint density at radius 2 is 1.85 bits per heavy atom. The minimum absolute atomic E-state index is 0.0264. The molecule has 3 N–H and O–H groups in total. The molecule has 1 heterocycles. The number of carboxylic acids is 1. The summed E-state index contributed by atoms with van der Waals surface area (Å²) in [6.07, 6.45) is 0. The van der Waals surface area contributed by atoms with Gasteiger partial charge in [0, 0.05) is 11.1 Å². The predicted molar refractivity (Wildman–Crippen MR) is 69.8 cm³/mol. The second-order valence-electron chi connectivity index (χ2n) is 4.20. The van der Waals surface area contributed by atoms with Crippen LogP contribution in [-0.2, 0) is 16.1 Å². The summed E-state index contributed by atoms with van der Waals surface area (Å²) in [6, 6.07) is 2.74. The van der Waals surface area contributed by atoms with E-state index in [1.54, 1.807) is 19.1 Å². The summed E-state index contributed by atoms with van der Waals surface area (Å²) < 4.78 is 5.24. The Balaban J connectivity index is 2.52.